The zero-order valence-electron chi connectivity index (χ0n) is 15.2. The fourth-order valence-electron chi connectivity index (χ4n) is 2.39. The fraction of sp³-hybridized carbons (Fsp3) is 0.158. The van der Waals surface area contributed by atoms with Gasteiger partial charge in [-0.1, -0.05) is 0 Å². The molecule has 10 heteroatoms. The number of carbonyl (C=O) groups is 3. The third kappa shape index (κ3) is 4.79. The van der Waals surface area contributed by atoms with E-state index in [2.05, 4.69) is 5.32 Å². The van der Waals surface area contributed by atoms with Crippen molar-refractivity contribution >= 4 is 34.2 Å². The Bertz CT molecular complexity index is 1010. The van der Waals surface area contributed by atoms with Crippen molar-refractivity contribution < 1.29 is 33.0 Å². The number of pyridine rings is 1. The number of nitrogens with zero attached hydrogens (tertiary/aromatic N) is 1. The molecule has 3 heterocycles. The van der Waals surface area contributed by atoms with Crippen LogP contribution in [0.25, 0.3) is 11.3 Å². The van der Waals surface area contributed by atoms with Gasteiger partial charge in [0.1, 0.15) is 16.3 Å². The first-order valence-electron chi connectivity index (χ1n) is 8.48. The topological polar surface area (TPSA) is 122 Å². The minimum absolute atomic E-state index is 0.133. The molecular formula is C19H16N2O7S. The molecule has 0 saturated carbocycles. The number of rotatable bonds is 7. The van der Waals surface area contributed by atoms with Crippen LogP contribution in [-0.4, -0.2) is 31.1 Å². The van der Waals surface area contributed by atoms with Crippen LogP contribution >= 0.6 is 11.3 Å². The second-order valence-electron chi connectivity index (χ2n) is 5.62. The van der Waals surface area contributed by atoms with Gasteiger partial charge in [0.05, 0.1) is 18.4 Å². The van der Waals surface area contributed by atoms with E-state index in [-0.39, 0.29) is 22.7 Å². The normalized spacial score (nSPS) is 10.4. The number of carbonyl (C=O) groups excluding carboxylic acids is 3. The van der Waals surface area contributed by atoms with Crippen molar-refractivity contribution in [3.05, 3.63) is 64.6 Å². The molecule has 0 radical (unpaired) electrons. The van der Waals surface area contributed by atoms with Crippen LogP contribution in [0.5, 0.6) is 0 Å². The van der Waals surface area contributed by atoms with Gasteiger partial charge in [-0.3, -0.25) is 4.79 Å². The summed E-state index contributed by atoms with van der Waals surface area (Å²) in [6, 6.07) is 5.92. The Kier molecular flexibility index (Phi) is 6.25. The SMILES string of the molecule is CCOC(=O)c1c(-c2ccco2)csc1NC(=O)COC(=O)c1cc[n+]([O-])cc1. The summed E-state index contributed by atoms with van der Waals surface area (Å²) in [7, 11) is 0. The van der Waals surface area contributed by atoms with E-state index in [0.717, 1.165) is 23.7 Å². The lowest BCUT2D eigenvalue weighted by Gasteiger charge is -2.08. The first-order valence-corrected chi connectivity index (χ1v) is 9.35. The Morgan fingerprint density at radius 3 is 2.59 bits per heavy atom. The van der Waals surface area contributed by atoms with Crippen molar-refractivity contribution in [1.82, 2.24) is 0 Å². The molecule has 0 aromatic carbocycles. The molecular weight excluding hydrogens is 400 g/mol. The maximum absolute atomic E-state index is 12.4. The van der Waals surface area contributed by atoms with Crippen molar-refractivity contribution in [1.29, 1.82) is 0 Å². The summed E-state index contributed by atoms with van der Waals surface area (Å²) in [4.78, 5) is 36.5. The van der Waals surface area contributed by atoms with Crippen molar-refractivity contribution in [2.45, 2.75) is 6.92 Å². The standard InChI is InChI=1S/C19H16N2O7S/c1-2-26-19(24)16-13(14-4-3-9-27-14)11-29-17(16)20-15(22)10-28-18(23)12-5-7-21(25)8-6-12/h3-9,11H,2,10H2,1H3,(H,20,22). The number of hydrogen-bond acceptors (Lipinski definition) is 8. The second kappa shape index (κ2) is 9.02. The monoisotopic (exact) mass is 416 g/mol. The summed E-state index contributed by atoms with van der Waals surface area (Å²) in [6.07, 6.45) is 3.76. The molecule has 0 bridgehead atoms. The molecule has 0 aliphatic rings. The lowest BCUT2D eigenvalue weighted by molar-refractivity contribution is -0.605. The summed E-state index contributed by atoms with van der Waals surface area (Å²) in [6.45, 7) is 1.27. The molecule has 0 aliphatic heterocycles. The summed E-state index contributed by atoms with van der Waals surface area (Å²) in [5.74, 6) is -1.54. The van der Waals surface area contributed by atoms with Gasteiger partial charge < -0.3 is 24.4 Å². The molecule has 150 valence electrons. The number of furan rings is 1. The van der Waals surface area contributed by atoms with Crippen LogP contribution in [0.4, 0.5) is 5.00 Å². The van der Waals surface area contributed by atoms with E-state index in [0.29, 0.717) is 16.1 Å². The van der Waals surface area contributed by atoms with Gasteiger partial charge in [-0.05, 0) is 19.1 Å². The van der Waals surface area contributed by atoms with Gasteiger partial charge in [0.2, 0.25) is 0 Å². The van der Waals surface area contributed by atoms with E-state index in [1.807, 2.05) is 0 Å². The second-order valence-corrected chi connectivity index (χ2v) is 6.50. The zero-order valence-corrected chi connectivity index (χ0v) is 16.1. The highest BCUT2D eigenvalue weighted by Gasteiger charge is 2.24. The van der Waals surface area contributed by atoms with E-state index in [1.54, 1.807) is 24.4 Å². The van der Waals surface area contributed by atoms with Gasteiger partial charge in [0.15, 0.2) is 19.0 Å². The summed E-state index contributed by atoms with van der Waals surface area (Å²) >= 11 is 1.12. The number of amides is 1. The predicted octanol–water partition coefficient (Wildman–Crippen LogP) is 2.61. The van der Waals surface area contributed by atoms with E-state index in [4.69, 9.17) is 13.9 Å². The molecule has 3 rings (SSSR count). The minimum Gasteiger partial charge on any atom is -0.619 e. The molecule has 29 heavy (non-hydrogen) atoms. The molecule has 0 aliphatic carbocycles. The molecule has 1 N–H and O–H groups in total. The molecule has 0 saturated heterocycles. The molecule has 3 aromatic heterocycles. The van der Waals surface area contributed by atoms with Crippen molar-refractivity contribution in [2.75, 3.05) is 18.5 Å². The minimum atomic E-state index is -0.756. The van der Waals surface area contributed by atoms with E-state index >= 15 is 0 Å². The lowest BCUT2D eigenvalue weighted by atomic mass is 10.1. The Labute approximate surface area is 169 Å². The molecule has 1 amide bonds. The van der Waals surface area contributed by atoms with Crippen LogP contribution < -0.4 is 10.0 Å². The number of anilines is 1. The highest BCUT2D eigenvalue weighted by atomic mass is 32.1. The Morgan fingerprint density at radius 2 is 1.93 bits per heavy atom. The number of aromatic nitrogens is 1. The first-order chi connectivity index (χ1) is 14.0. The number of nitrogens with one attached hydrogen (secondary N) is 1. The van der Waals surface area contributed by atoms with E-state index < -0.39 is 24.5 Å². The van der Waals surface area contributed by atoms with Gasteiger partial charge >= 0.3 is 11.9 Å². The Hall–Kier alpha value is -3.66. The maximum atomic E-state index is 12.4. The zero-order chi connectivity index (χ0) is 20.8. The highest BCUT2D eigenvalue weighted by molar-refractivity contribution is 7.15. The van der Waals surface area contributed by atoms with Crippen LogP contribution in [-0.2, 0) is 14.3 Å². The third-order valence-electron chi connectivity index (χ3n) is 3.68. The van der Waals surface area contributed by atoms with Crippen LogP contribution in [0, 0.1) is 5.21 Å². The number of thiophene rings is 1. The van der Waals surface area contributed by atoms with Gasteiger partial charge in [-0.15, -0.1) is 11.3 Å². The summed E-state index contributed by atoms with van der Waals surface area (Å²) in [5.41, 5.74) is 0.781. The lowest BCUT2D eigenvalue weighted by Crippen LogP contribution is -2.25. The molecule has 0 atom stereocenters. The predicted molar refractivity (Wildman–Crippen MR) is 102 cm³/mol. The maximum Gasteiger partial charge on any atom is 0.341 e. The summed E-state index contributed by atoms with van der Waals surface area (Å²) < 4.78 is 15.9. The van der Waals surface area contributed by atoms with Crippen molar-refractivity contribution in [3.8, 4) is 11.3 Å². The largest absolute Gasteiger partial charge is 0.619 e. The number of ether oxygens (including phenoxy) is 2. The number of esters is 2. The molecule has 0 unspecified atom stereocenters. The van der Waals surface area contributed by atoms with Gasteiger partial charge in [-0.2, -0.15) is 4.73 Å². The van der Waals surface area contributed by atoms with Crippen LogP contribution in [0.1, 0.15) is 27.6 Å². The molecule has 9 nitrogen and oxygen atoms in total. The highest BCUT2D eigenvalue weighted by Crippen LogP contribution is 2.36. The number of hydrogen-bond donors (Lipinski definition) is 1. The van der Waals surface area contributed by atoms with Crippen LogP contribution in [0.15, 0.2) is 52.7 Å². The van der Waals surface area contributed by atoms with Gasteiger partial charge in [0, 0.05) is 23.1 Å². The average Bonchev–Trinajstić information content (AvgIpc) is 3.36. The van der Waals surface area contributed by atoms with Gasteiger partial charge in [-0.25, -0.2) is 9.59 Å². The first kappa shape index (κ1) is 20.1. The Balaban J connectivity index is 1.70. The quantitative estimate of drug-likeness (QED) is 0.357. The third-order valence-corrected chi connectivity index (χ3v) is 4.58. The van der Waals surface area contributed by atoms with E-state index in [1.165, 1.54) is 18.4 Å². The average molecular weight is 416 g/mol. The van der Waals surface area contributed by atoms with E-state index in [9.17, 15) is 19.6 Å². The van der Waals surface area contributed by atoms with Crippen molar-refractivity contribution in [3.63, 3.8) is 0 Å². The molecule has 3 aromatic rings. The molecule has 0 spiro atoms. The van der Waals surface area contributed by atoms with Crippen LogP contribution in [0.2, 0.25) is 0 Å². The Morgan fingerprint density at radius 1 is 1.17 bits per heavy atom. The fourth-order valence-corrected chi connectivity index (χ4v) is 3.35. The molecule has 0 fully saturated rings. The van der Waals surface area contributed by atoms with Crippen LogP contribution in [0.3, 0.4) is 0 Å². The smallest absolute Gasteiger partial charge is 0.341 e. The summed E-state index contributed by atoms with van der Waals surface area (Å²) in [5, 5.41) is 15.5. The van der Waals surface area contributed by atoms with Gasteiger partial charge in [0.25, 0.3) is 5.91 Å². The van der Waals surface area contributed by atoms with Crippen molar-refractivity contribution in [2.24, 2.45) is 0 Å².